The van der Waals surface area contributed by atoms with Crippen molar-refractivity contribution < 1.29 is 9.53 Å². The minimum absolute atomic E-state index is 0.0677. The summed E-state index contributed by atoms with van der Waals surface area (Å²) in [5.74, 6) is 0.540. The molecule has 2 heterocycles. The molecule has 0 unspecified atom stereocenters. The molecule has 3 nitrogen and oxygen atoms in total. The number of piperidine rings is 1. The van der Waals surface area contributed by atoms with Crippen LogP contribution in [0.4, 0.5) is 4.79 Å². The summed E-state index contributed by atoms with van der Waals surface area (Å²) in [5, 5.41) is 0. The van der Waals surface area contributed by atoms with E-state index in [1.54, 1.807) is 0 Å². The van der Waals surface area contributed by atoms with Crippen molar-refractivity contribution in [2.24, 2.45) is 5.92 Å². The zero-order chi connectivity index (χ0) is 11.1. The molecule has 0 aromatic carbocycles. The zero-order valence-electron chi connectivity index (χ0n) is 9.76. The van der Waals surface area contributed by atoms with E-state index in [1.807, 2.05) is 4.90 Å². The summed E-state index contributed by atoms with van der Waals surface area (Å²) in [7, 11) is 0. The van der Waals surface area contributed by atoms with Gasteiger partial charge in [-0.25, -0.2) is 4.79 Å². The number of rotatable bonds is 2. The van der Waals surface area contributed by atoms with Gasteiger partial charge in [-0.2, -0.15) is 0 Å². The molecule has 0 bridgehead atoms. The van der Waals surface area contributed by atoms with Crippen molar-refractivity contribution in [1.29, 1.82) is 0 Å². The third-order valence-electron chi connectivity index (χ3n) is 4.20. The number of ether oxygens (including phenoxy) is 1. The van der Waals surface area contributed by atoms with E-state index in [1.165, 1.54) is 6.42 Å². The summed E-state index contributed by atoms with van der Waals surface area (Å²) in [5.41, 5.74) is 0. The lowest BCUT2D eigenvalue weighted by molar-refractivity contribution is 0.0934. The van der Waals surface area contributed by atoms with Crippen LogP contribution < -0.4 is 0 Å². The van der Waals surface area contributed by atoms with E-state index in [2.05, 4.69) is 19.1 Å². The van der Waals surface area contributed by atoms with Crippen LogP contribution in [0.5, 0.6) is 0 Å². The summed E-state index contributed by atoms with van der Waals surface area (Å²) in [6.45, 7) is 2.19. The fourth-order valence-corrected chi connectivity index (χ4v) is 3.53. The molecule has 0 spiro atoms. The molecule has 0 radical (unpaired) electrons. The van der Waals surface area contributed by atoms with Crippen LogP contribution in [0.2, 0.25) is 0 Å². The predicted molar refractivity (Wildman–Crippen MR) is 61.1 cm³/mol. The highest BCUT2D eigenvalue weighted by molar-refractivity contribution is 5.71. The van der Waals surface area contributed by atoms with Gasteiger partial charge in [0, 0.05) is 18.4 Å². The maximum absolute atomic E-state index is 11.9. The van der Waals surface area contributed by atoms with Crippen LogP contribution in [0.1, 0.15) is 39.0 Å². The van der Waals surface area contributed by atoms with Gasteiger partial charge in [-0.15, -0.1) is 0 Å². The van der Waals surface area contributed by atoms with Gasteiger partial charge in [-0.3, -0.25) is 4.90 Å². The van der Waals surface area contributed by atoms with Gasteiger partial charge in [0.25, 0.3) is 0 Å². The summed E-state index contributed by atoms with van der Waals surface area (Å²) >= 11 is 0. The summed E-state index contributed by atoms with van der Waals surface area (Å²) in [6, 6.07) is 0.762. The van der Waals surface area contributed by atoms with Crippen molar-refractivity contribution >= 4 is 6.09 Å². The molecule has 0 saturated carbocycles. The lowest BCUT2D eigenvalue weighted by atomic mass is 9.79. The molecule has 0 aromatic rings. The van der Waals surface area contributed by atoms with Crippen molar-refractivity contribution in [2.75, 3.05) is 0 Å². The number of carbonyl (C=O) groups is 1. The number of hydrogen-bond donors (Lipinski definition) is 0. The predicted octanol–water partition coefficient (Wildman–Crippen LogP) is 2.71. The molecule has 2 aliphatic heterocycles. The van der Waals surface area contributed by atoms with Crippen LogP contribution in [0.25, 0.3) is 0 Å². The van der Waals surface area contributed by atoms with E-state index >= 15 is 0 Å². The Kier molecular flexibility index (Phi) is 2.41. The fourth-order valence-electron chi connectivity index (χ4n) is 3.53. The number of carbonyl (C=O) groups excluding carboxylic acids is 1. The van der Waals surface area contributed by atoms with E-state index in [9.17, 15) is 4.79 Å². The quantitative estimate of drug-likeness (QED) is 0.671. The maximum atomic E-state index is 11.9. The van der Waals surface area contributed by atoms with Gasteiger partial charge in [-0.05, 0) is 19.3 Å². The van der Waals surface area contributed by atoms with Gasteiger partial charge in [-0.1, -0.05) is 25.5 Å². The highest BCUT2D eigenvalue weighted by Gasteiger charge is 2.50. The van der Waals surface area contributed by atoms with Gasteiger partial charge in [0.05, 0.1) is 6.04 Å². The molecule has 0 aromatic heterocycles. The molecular formula is C13H19NO2. The number of amides is 1. The first-order chi connectivity index (χ1) is 7.81. The second kappa shape index (κ2) is 3.79. The van der Waals surface area contributed by atoms with Crippen molar-refractivity contribution in [3.8, 4) is 0 Å². The van der Waals surface area contributed by atoms with Crippen LogP contribution in [0.3, 0.4) is 0 Å². The van der Waals surface area contributed by atoms with E-state index in [0.29, 0.717) is 18.0 Å². The first-order valence-electron chi connectivity index (χ1n) is 6.47. The average Bonchev–Trinajstić information content (AvgIpc) is 2.62. The van der Waals surface area contributed by atoms with Crippen molar-refractivity contribution in [3.05, 3.63) is 12.2 Å². The summed E-state index contributed by atoms with van der Waals surface area (Å²) < 4.78 is 5.49. The molecule has 3 heteroatoms. The molecule has 2 fully saturated rings. The molecule has 1 amide bonds. The summed E-state index contributed by atoms with van der Waals surface area (Å²) in [4.78, 5) is 14.0. The van der Waals surface area contributed by atoms with Crippen molar-refractivity contribution in [3.63, 3.8) is 0 Å². The Morgan fingerprint density at radius 1 is 1.50 bits per heavy atom. The summed E-state index contributed by atoms with van der Waals surface area (Å²) in [6.07, 6.45) is 10.1. The number of nitrogens with zero attached hydrogens (tertiary/aromatic N) is 1. The van der Waals surface area contributed by atoms with Crippen LogP contribution in [-0.4, -0.2) is 29.2 Å². The first-order valence-corrected chi connectivity index (χ1v) is 6.47. The average molecular weight is 221 g/mol. The van der Waals surface area contributed by atoms with E-state index in [0.717, 1.165) is 25.7 Å². The third kappa shape index (κ3) is 1.37. The topological polar surface area (TPSA) is 29.5 Å². The second-order valence-electron chi connectivity index (χ2n) is 5.17. The van der Waals surface area contributed by atoms with E-state index in [-0.39, 0.29) is 12.2 Å². The van der Waals surface area contributed by atoms with Gasteiger partial charge < -0.3 is 4.74 Å². The lowest BCUT2D eigenvalue weighted by Crippen LogP contribution is -2.52. The van der Waals surface area contributed by atoms with Crippen LogP contribution in [0, 0.1) is 5.92 Å². The smallest absolute Gasteiger partial charge is 0.410 e. The Balaban J connectivity index is 1.88. The molecule has 88 valence electrons. The molecular weight excluding hydrogens is 202 g/mol. The Labute approximate surface area is 96.4 Å². The molecule has 16 heavy (non-hydrogen) atoms. The van der Waals surface area contributed by atoms with Gasteiger partial charge >= 0.3 is 6.09 Å². The number of hydrogen-bond acceptors (Lipinski definition) is 2. The van der Waals surface area contributed by atoms with Crippen molar-refractivity contribution in [1.82, 2.24) is 4.90 Å². The minimum Gasteiger partial charge on any atom is -0.444 e. The van der Waals surface area contributed by atoms with E-state index in [4.69, 9.17) is 4.74 Å². The van der Waals surface area contributed by atoms with Crippen LogP contribution >= 0.6 is 0 Å². The van der Waals surface area contributed by atoms with Crippen LogP contribution in [0.15, 0.2) is 12.2 Å². The Hall–Kier alpha value is -0.990. The van der Waals surface area contributed by atoms with E-state index < -0.39 is 0 Å². The minimum atomic E-state index is -0.0677. The fraction of sp³-hybridized carbons (Fsp3) is 0.769. The normalized spacial score (nSPS) is 40.8. The first kappa shape index (κ1) is 10.2. The zero-order valence-corrected chi connectivity index (χ0v) is 9.76. The second-order valence-corrected chi connectivity index (χ2v) is 5.17. The monoisotopic (exact) mass is 221 g/mol. The van der Waals surface area contributed by atoms with Crippen molar-refractivity contribution in [2.45, 2.75) is 57.2 Å². The molecule has 1 aliphatic carbocycles. The maximum Gasteiger partial charge on any atom is 0.410 e. The lowest BCUT2D eigenvalue weighted by Gasteiger charge is -2.42. The van der Waals surface area contributed by atoms with Gasteiger partial charge in [0.1, 0.15) is 6.10 Å². The molecule has 3 aliphatic rings. The standard InChI is InChI=1S/C13H19NO2/c1-2-4-10-8-7-9-5-3-6-11-12(9)14(10)13(15)16-11/h3,5,9-12H,2,4,6-8H2,1H3/t9-,10+,11+,12-/m0/s1. The largest absolute Gasteiger partial charge is 0.444 e. The Morgan fingerprint density at radius 2 is 2.38 bits per heavy atom. The molecule has 2 saturated heterocycles. The SMILES string of the molecule is CCC[C@@H]1CC[C@@H]2C=CC[C@H]3OC(=O)N1[C@@H]23. The van der Waals surface area contributed by atoms with Crippen LogP contribution in [-0.2, 0) is 4.74 Å². The third-order valence-corrected chi connectivity index (χ3v) is 4.20. The van der Waals surface area contributed by atoms with Gasteiger partial charge in [0.2, 0.25) is 0 Å². The molecule has 0 N–H and O–H groups in total. The molecule has 3 rings (SSSR count). The Bertz CT molecular complexity index is 326. The van der Waals surface area contributed by atoms with Gasteiger partial charge in [0.15, 0.2) is 0 Å². The highest BCUT2D eigenvalue weighted by Crippen LogP contribution is 2.41. The Morgan fingerprint density at radius 3 is 3.19 bits per heavy atom. The molecule has 4 atom stereocenters. The highest BCUT2D eigenvalue weighted by atomic mass is 16.6.